The second-order valence-electron chi connectivity index (χ2n) is 9.51. The number of carbonyl (C=O) groups excluding carboxylic acids is 1. The molecule has 182 valence electrons. The SMILES string of the molecule is CC(CNC(=O)c1cnn(-c2ncc3c(n2)-c2ccccc2CCC3)c1C1CC1)Oc1cccnc1. The van der Waals surface area contributed by atoms with Gasteiger partial charge in [0.2, 0.25) is 0 Å². The first-order chi connectivity index (χ1) is 17.7. The lowest BCUT2D eigenvalue weighted by Crippen LogP contribution is -2.34. The van der Waals surface area contributed by atoms with E-state index in [1.54, 1.807) is 23.3 Å². The molecule has 0 spiro atoms. The van der Waals surface area contributed by atoms with Crippen molar-refractivity contribution in [3.63, 3.8) is 0 Å². The Kier molecular flexibility index (Phi) is 5.93. The molecule has 8 nitrogen and oxygen atoms in total. The minimum absolute atomic E-state index is 0.162. The van der Waals surface area contributed by atoms with E-state index in [2.05, 4.69) is 44.6 Å². The molecule has 1 aromatic carbocycles. The van der Waals surface area contributed by atoms with E-state index in [0.29, 0.717) is 23.8 Å². The highest BCUT2D eigenvalue weighted by molar-refractivity contribution is 5.95. The van der Waals surface area contributed by atoms with Gasteiger partial charge in [0, 0.05) is 23.9 Å². The number of pyridine rings is 1. The molecule has 3 aromatic heterocycles. The predicted octanol–water partition coefficient (Wildman–Crippen LogP) is 4.29. The Morgan fingerprint density at radius 3 is 2.81 bits per heavy atom. The first-order valence-electron chi connectivity index (χ1n) is 12.5. The van der Waals surface area contributed by atoms with Crippen molar-refractivity contribution >= 4 is 5.91 Å². The Morgan fingerprint density at radius 2 is 1.97 bits per heavy atom. The fourth-order valence-electron chi connectivity index (χ4n) is 4.82. The molecule has 0 bridgehead atoms. The van der Waals surface area contributed by atoms with Crippen LogP contribution in [0.4, 0.5) is 0 Å². The Hall–Kier alpha value is -4.07. The summed E-state index contributed by atoms with van der Waals surface area (Å²) in [6, 6.07) is 12.1. The summed E-state index contributed by atoms with van der Waals surface area (Å²) in [5, 5.41) is 7.58. The minimum Gasteiger partial charge on any atom is -0.487 e. The van der Waals surface area contributed by atoms with Crippen LogP contribution in [-0.2, 0) is 12.8 Å². The fraction of sp³-hybridized carbons (Fsp3) is 0.321. The number of rotatable bonds is 7. The van der Waals surface area contributed by atoms with Crippen LogP contribution < -0.4 is 10.1 Å². The first kappa shape index (κ1) is 22.4. The van der Waals surface area contributed by atoms with Crippen LogP contribution in [0, 0.1) is 0 Å². The van der Waals surface area contributed by atoms with Crippen LogP contribution >= 0.6 is 0 Å². The van der Waals surface area contributed by atoms with Crippen molar-refractivity contribution in [1.82, 2.24) is 30.0 Å². The van der Waals surface area contributed by atoms with Crippen molar-refractivity contribution in [2.24, 2.45) is 0 Å². The standard InChI is InChI=1S/C28H28N6O2/c1-18(36-22-9-5-13-29-16-22)14-30-27(35)24-17-32-34(26(24)20-11-12-20)28-31-15-21-8-4-7-19-6-2-3-10-23(19)25(21)33-28/h2-3,5-6,9-10,13,15-18,20H,4,7-8,11-12,14H2,1H3,(H,30,35). The third-order valence-corrected chi connectivity index (χ3v) is 6.74. The highest BCUT2D eigenvalue weighted by Crippen LogP contribution is 2.42. The van der Waals surface area contributed by atoms with Gasteiger partial charge in [0.15, 0.2) is 0 Å². The number of amides is 1. The lowest BCUT2D eigenvalue weighted by molar-refractivity contribution is 0.0931. The number of carbonyl (C=O) groups is 1. The molecule has 36 heavy (non-hydrogen) atoms. The summed E-state index contributed by atoms with van der Waals surface area (Å²) in [6.07, 6.45) is 11.8. The fourth-order valence-corrected chi connectivity index (χ4v) is 4.82. The molecular formula is C28H28N6O2. The van der Waals surface area contributed by atoms with E-state index >= 15 is 0 Å². The third kappa shape index (κ3) is 4.46. The van der Waals surface area contributed by atoms with E-state index in [4.69, 9.17) is 9.72 Å². The molecule has 3 heterocycles. The largest absolute Gasteiger partial charge is 0.487 e. The van der Waals surface area contributed by atoms with Crippen LogP contribution in [0.5, 0.6) is 5.75 Å². The molecule has 2 aliphatic carbocycles. The summed E-state index contributed by atoms with van der Waals surface area (Å²) in [6.45, 7) is 2.29. The van der Waals surface area contributed by atoms with E-state index in [-0.39, 0.29) is 17.9 Å². The monoisotopic (exact) mass is 480 g/mol. The molecule has 4 aromatic rings. The topological polar surface area (TPSA) is 94.8 Å². The molecule has 1 unspecified atom stereocenters. The number of nitrogens with one attached hydrogen (secondary N) is 1. The van der Waals surface area contributed by atoms with Gasteiger partial charge in [-0.1, -0.05) is 24.3 Å². The van der Waals surface area contributed by atoms with Gasteiger partial charge in [0.25, 0.3) is 11.9 Å². The summed E-state index contributed by atoms with van der Waals surface area (Å²) in [4.78, 5) is 26.9. The van der Waals surface area contributed by atoms with Crippen LogP contribution in [0.1, 0.15) is 59.3 Å². The van der Waals surface area contributed by atoms with Crippen LogP contribution in [0.2, 0.25) is 0 Å². The molecule has 0 aliphatic heterocycles. The first-order valence-corrected chi connectivity index (χ1v) is 12.5. The quantitative estimate of drug-likeness (QED) is 0.424. The maximum atomic E-state index is 13.2. The Bertz CT molecular complexity index is 1400. The second kappa shape index (κ2) is 9.53. The number of nitrogens with zero attached hydrogens (tertiary/aromatic N) is 5. The molecule has 6 rings (SSSR count). The van der Waals surface area contributed by atoms with Gasteiger partial charge in [-0.2, -0.15) is 5.10 Å². The van der Waals surface area contributed by atoms with E-state index in [0.717, 1.165) is 54.6 Å². The van der Waals surface area contributed by atoms with E-state index in [1.165, 1.54) is 5.56 Å². The Morgan fingerprint density at radius 1 is 1.11 bits per heavy atom. The maximum absolute atomic E-state index is 13.2. The Labute approximate surface area is 209 Å². The predicted molar refractivity (Wildman–Crippen MR) is 135 cm³/mol. The molecule has 8 heteroatoms. The molecule has 2 aliphatic rings. The van der Waals surface area contributed by atoms with Gasteiger partial charge in [-0.15, -0.1) is 0 Å². The van der Waals surface area contributed by atoms with E-state index in [1.807, 2.05) is 25.3 Å². The lowest BCUT2D eigenvalue weighted by Gasteiger charge is -2.15. The average molecular weight is 481 g/mol. The zero-order valence-electron chi connectivity index (χ0n) is 20.2. The number of ether oxygens (including phenoxy) is 1. The van der Waals surface area contributed by atoms with Crippen LogP contribution in [-0.4, -0.2) is 43.3 Å². The smallest absolute Gasteiger partial charge is 0.254 e. The third-order valence-electron chi connectivity index (χ3n) is 6.74. The Balaban J connectivity index is 1.26. The number of hydrogen-bond donors (Lipinski definition) is 1. The minimum atomic E-state index is -0.203. The number of benzene rings is 1. The van der Waals surface area contributed by atoms with Gasteiger partial charge in [-0.05, 0) is 62.3 Å². The molecule has 0 saturated heterocycles. The van der Waals surface area contributed by atoms with Crippen molar-refractivity contribution in [3.8, 4) is 23.0 Å². The molecule has 1 amide bonds. The summed E-state index contributed by atoms with van der Waals surface area (Å²) in [5.41, 5.74) is 6.06. The van der Waals surface area contributed by atoms with Gasteiger partial charge in [-0.25, -0.2) is 14.6 Å². The normalized spacial score (nSPS) is 15.4. The van der Waals surface area contributed by atoms with Gasteiger partial charge in [0.05, 0.1) is 35.9 Å². The van der Waals surface area contributed by atoms with Crippen LogP contribution in [0.25, 0.3) is 17.2 Å². The van der Waals surface area contributed by atoms with Crippen molar-refractivity contribution in [2.45, 2.75) is 51.0 Å². The number of aryl methyl sites for hydroxylation is 2. The highest BCUT2D eigenvalue weighted by Gasteiger charge is 2.34. The number of fused-ring (bicyclic) bond motifs is 3. The molecule has 1 fully saturated rings. The summed E-state index contributed by atoms with van der Waals surface area (Å²) in [7, 11) is 0. The van der Waals surface area contributed by atoms with Crippen LogP contribution in [0.3, 0.4) is 0 Å². The number of aromatic nitrogens is 5. The zero-order valence-corrected chi connectivity index (χ0v) is 20.2. The number of hydrogen-bond acceptors (Lipinski definition) is 6. The second-order valence-corrected chi connectivity index (χ2v) is 9.51. The van der Waals surface area contributed by atoms with Crippen LogP contribution in [0.15, 0.2) is 61.2 Å². The highest BCUT2D eigenvalue weighted by atomic mass is 16.5. The summed E-state index contributed by atoms with van der Waals surface area (Å²) < 4.78 is 7.60. The van der Waals surface area contributed by atoms with Gasteiger partial charge in [-0.3, -0.25) is 9.78 Å². The molecule has 0 radical (unpaired) electrons. The molecule has 1 N–H and O–H groups in total. The van der Waals surface area contributed by atoms with Crippen molar-refractivity contribution in [2.75, 3.05) is 6.54 Å². The summed E-state index contributed by atoms with van der Waals surface area (Å²) >= 11 is 0. The zero-order chi connectivity index (χ0) is 24.5. The molecular weight excluding hydrogens is 452 g/mol. The molecule has 1 saturated carbocycles. The average Bonchev–Trinajstić information content (AvgIpc) is 3.68. The van der Waals surface area contributed by atoms with Crippen molar-refractivity contribution in [3.05, 3.63) is 83.6 Å². The van der Waals surface area contributed by atoms with E-state index < -0.39 is 0 Å². The van der Waals surface area contributed by atoms with Crippen molar-refractivity contribution in [1.29, 1.82) is 0 Å². The maximum Gasteiger partial charge on any atom is 0.254 e. The van der Waals surface area contributed by atoms with Gasteiger partial charge >= 0.3 is 0 Å². The van der Waals surface area contributed by atoms with E-state index in [9.17, 15) is 4.79 Å². The lowest BCUT2D eigenvalue weighted by atomic mass is 10.0. The molecule has 1 atom stereocenters. The van der Waals surface area contributed by atoms with Gasteiger partial charge < -0.3 is 10.1 Å². The summed E-state index contributed by atoms with van der Waals surface area (Å²) in [5.74, 6) is 1.31. The van der Waals surface area contributed by atoms with Crippen molar-refractivity contribution < 1.29 is 9.53 Å². The van der Waals surface area contributed by atoms with Gasteiger partial charge in [0.1, 0.15) is 11.9 Å².